The van der Waals surface area contributed by atoms with E-state index in [1.807, 2.05) is 0 Å². The van der Waals surface area contributed by atoms with Gasteiger partial charge in [0.25, 0.3) is 0 Å². The first-order valence-electron chi connectivity index (χ1n) is 6.82. The fourth-order valence-corrected chi connectivity index (χ4v) is 3.44. The van der Waals surface area contributed by atoms with Crippen LogP contribution in [0.3, 0.4) is 0 Å². The van der Waals surface area contributed by atoms with Crippen molar-refractivity contribution < 1.29 is 4.74 Å². The van der Waals surface area contributed by atoms with Gasteiger partial charge in [0.05, 0.1) is 0 Å². The van der Waals surface area contributed by atoms with Gasteiger partial charge in [0.15, 0.2) is 0 Å². The summed E-state index contributed by atoms with van der Waals surface area (Å²) in [5.74, 6) is 1.03. The molecule has 0 aromatic heterocycles. The van der Waals surface area contributed by atoms with E-state index in [9.17, 15) is 0 Å². The van der Waals surface area contributed by atoms with Gasteiger partial charge < -0.3 is 4.74 Å². The molecule has 0 unspecified atom stereocenters. The number of alkyl halides is 1. The van der Waals surface area contributed by atoms with Gasteiger partial charge in [0.1, 0.15) is 12.4 Å². The summed E-state index contributed by atoms with van der Waals surface area (Å²) < 4.78 is 7.23. The average molecular weight is 396 g/mol. The number of halogens is 2. The van der Waals surface area contributed by atoms with Crippen molar-refractivity contribution in [3.8, 4) is 0 Å². The molecular weight excluding hydrogens is 380 g/mol. The highest BCUT2D eigenvalue weighted by Crippen LogP contribution is 2.37. The lowest BCUT2D eigenvalue weighted by Gasteiger charge is -2.19. The second kappa shape index (κ2) is 6.31. The minimum absolute atomic E-state index is 0.664. The fraction of sp³-hybridized carbons (Fsp3) is 0.294. The summed E-state index contributed by atoms with van der Waals surface area (Å²) >= 11 is 7.14. The molecular formula is C17H16Br2O. The number of fused-ring (bicyclic) bond motifs is 1. The van der Waals surface area contributed by atoms with E-state index < -0.39 is 0 Å². The van der Waals surface area contributed by atoms with Crippen LogP contribution in [0.1, 0.15) is 24.0 Å². The third-order valence-corrected chi connectivity index (χ3v) is 4.67. The topological polar surface area (TPSA) is 9.23 Å². The maximum absolute atomic E-state index is 6.03. The number of allylic oxidation sites excluding steroid dienone is 5. The van der Waals surface area contributed by atoms with Gasteiger partial charge in [-0.05, 0) is 29.2 Å². The van der Waals surface area contributed by atoms with Crippen LogP contribution in [-0.2, 0) is 17.8 Å². The highest BCUT2D eigenvalue weighted by molar-refractivity contribution is 9.11. The second-order valence-corrected chi connectivity index (χ2v) is 6.86. The zero-order chi connectivity index (χ0) is 13.9. The molecule has 0 N–H and O–H groups in total. The van der Waals surface area contributed by atoms with Gasteiger partial charge >= 0.3 is 0 Å². The van der Waals surface area contributed by atoms with Crippen LogP contribution in [0.4, 0.5) is 0 Å². The predicted molar refractivity (Wildman–Crippen MR) is 90.1 cm³/mol. The molecule has 3 heteroatoms. The SMILES string of the molecule is BrCCC=C1CC(Br)=CC2=C1Cc1ccccc1CO2. The Kier molecular flexibility index (Phi) is 4.47. The van der Waals surface area contributed by atoms with E-state index in [1.165, 1.54) is 26.8 Å². The lowest BCUT2D eigenvalue weighted by atomic mass is 9.90. The van der Waals surface area contributed by atoms with Crippen molar-refractivity contribution in [1.82, 2.24) is 0 Å². The summed E-state index contributed by atoms with van der Waals surface area (Å²) in [7, 11) is 0. The summed E-state index contributed by atoms with van der Waals surface area (Å²) in [6.07, 6.45) is 7.45. The second-order valence-electron chi connectivity index (χ2n) is 5.05. The number of hydrogen-bond donors (Lipinski definition) is 0. The molecule has 104 valence electrons. The third-order valence-electron chi connectivity index (χ3n) is 3.70. The zero-order valence-electron chi connectivity index (χ0n) is 11.2. The first-order valence-corrected chi connectivity index (χ1v) is 8.73. The van der Waals surface area contributed by atoms with Gasteiger partial charge in [-0.15, -0.1) is 0 Å². The largest absolute Gasteiger partial charge is 0.489 e. The molecule has 0 fully saturated rings. The van der Waals surface area contributed by atoms with Crippen LogP contribution in [0, 0.1) is 0 Å². The van der Waals surface area contributed by atoms with Gasteiger partial charge in [-0.2, -0.15) is 0 Å². The van der Waals surface area contributed by atoms with Gasteiger partial charge in [0.2, 0.25) is 0 Å². The molecule has 2 aliphatic rings. The summed E-state index contributed by atoms with van der Waals surface area (Å²) in [4.78, 5) is 0. The molecule has 3 rings (SSSR count). The summed E-state index contributed by atoms with van der Waals surface area (Å²) in [5, 5.41) is 0.998. The van der Waals surface area contributed by atoms with Crippen LogP contribution in [0.15, 0.2) is 57.8 Å². The van der Waals surface area contributed by atoms with Crippen LogP contribution in [0.2, 0.25) is 0 Å². The molecule has 0 spiro atoms. The van der Waals surface area contributed by atoms with E-state index in [0.29, 0.717) is 6.61 Å². The van der Waals surface area contributed by atoms with Crippen molar-refractivity contribution in [3.05, 3.63) is 68.9 Å². The molecule has 20 heavy (non-hydrogen) atoms. The van der Waals surface area contributed by atoms with Crippen LogP contribution in [-0.4, -0.2) is 5.33 Å². The van der Waals surface area contributed by atoms with E-state index in [1.54, 1.807) is 0 Å². The first kappa shape index (κ1) is 14.2. The maximum Gasteiger partial charge on any atom is 0.124 e. The number of rotatable bonds is 2. The summed E-state index contributed by atoms with van der Waals surface area (Å²) in [6.45, 7) is 0.664. The summed E-state index contributed by atoms with van der Waals surface area (Å²) in [5.41, 5.74) is 5.42. The predicted octanol–water partition coefficient (Wildman–Crippen LogP) is 5.41. The van der Waals surface area contributed by atoms with Gasteiger partial charge in [-0.3, -0.25) is 0 Å². The molecule has 0 radical (unpaired) electrons. The first-order chi connectivity index (χ1) is 9.78. The van der Waals surface area contributed by atoms with E-state index >= 15 is 0 Å². The van der Waals surface area contributed by atoms with Crippen molar-refractivity contribution in [2.45, 2.75) is 25.9 Å². The minimum atomic E-state index is 0.664. The Morgan fingerprint density at radius 1 is 1.15 bits per heavy atom. The molecule has 1 aliphatic carbocycles. The molecule has 1 nitrogen and oxygen atoms in total. The van der Waals surface area contributed by atoms with Crippen LogP contribution < -0.4 is 0 Å². The third kappa shape index (κ3) is 2.94. The number of ether oxygens (including phenoxy) is 1. The molecule has 0 saturated carbocycles. The monoisotopic (exact) mass is 394 g/mol. The molecule has 1 aromatic carbocycles. The van der Waals surface area contributed by atoms with Crippen molar-refractivity contribution in [2.75, 3.05) is 5.33 Å². The number of hydrogen-bond acceptors (Lipinski definition) is 1. The Morgan fingerprint density at radius 3 is 2.75 bits per heavy atom. The standard InChI is InChI=1S/C17H16Br2O/c18-7-3-6-13-8-15(19)10-17-16(13)9-12-4-1-2-5-14(12)11-20-17/h1-2,4-6,10H,3,7-9,11H2. The van der Waals surface area contributed by atoms with Crippen LogP contribution in [0.25, 0.3) is 0 Å². The van der Waals surface area contributed by atoms with E-state index in [2.05, 4.69) is 68.3 Å². The smallest absolute Gasteiger partial charge is 0.124 e. The molecule has 0 atom stereocenters. The van der Waals surface area contributed by atoms with Crippen molar-refractivity contribution in [2.24, 2.45) is 0 Å². The van der Waals surface area contributed by atoms with Crippen molar-refractivity contribution in [3.63, 3.8) is 0 Å². The minimum Gasteiger partial charge on any atom is -0.489 e. The van der Waals surface area contributed by atoms with Crippen LogP contribution >= 0.6 is 31.9 Å². The molecule has 0 amide bonds. The Hall–Kier alpha value is -0.800. The zero-order valence-corrected chi connectivity index (χ0v) is 14.3. The molecule has 1 aromatic rings. The highest BCUT2D eigenvalue weighted by Gasteiger charge is 2.22. The molecule has 1 heterocycles. The van der Waals surface area contributed by atoms with Crippen molar-refractivity contribution >= 4 is 31.9 Å². The Labute approximate surface area is 136 Å². The highest BCUT2D eigenvalue weighted by atomic mass is 79.9. The maximum atomic E-state index is 6.03. The van der Waals surface area contributed by atoms with Gasteiger partial charge in [0, 0.05) is 28.2 Å². The van der Waals surface area contributed by atoms with Gasteiger partial charge in [-0.1, -0.05) is 62.2 Å². The summed E-state index contributed by atoms with van der Waals surface area (Å²) in [6, 6.07) is 8.57. The van der Waals surface area contributed by atoms with Gasteiger partial charge in [-0.25, -0.2) is 0 Å². The molecule has 0 saturated heterocycles. The molecule has 1 aliphatic heterocycles. The molecule has 0 bridgehead atoms. The Morgan fingerprint density at radius 2 is 1.95 bits per heavy atom. The Bertz CT molecular complexity index is 611. The van der Waals surface area contributed by atoms with Crippen LogP contribution in [0.5, 0.6) is 0 Å². The van der Waals surface area contributed by atoms with Crippen molar-refractivity contribution in [1.29, 1.82) is 0 Å². The Balaban J connectivity index is 2.01. The van der Waals surface area contributed by atoms with E-state index in [-0.39, 0.29) is 0 Å². The lowest BCUT2D eigenvalue weighted by molar-refractivity contribution is 0.210. The lowest BCUT2D eigenvalue weighted by Crippen LogP contribution is -2.04. The average Bonchev–Trinajstić information content (AvgIpc) is 2.64. The fourth-order valence-electron chi connectivity index (χ4n) is 2.70. The number of benzene rings is 1. The normalized spacial score (nSPS) is 19.9. The van der Waals surface area contributed by atoms with E-state index in [0.717, 1.165) is 30.4 Å². The quantitative estimate of drug-likeness (QED) is 0.608. The van der Waals surface area contributed by atoms with E-state index in [4.69, 9.17) is 4.74 Å².